The lowest BCUT2D eigenvalue weighted by molar-refractivity contribution is -0.147. The fourth-order valence-electron chi connectivity index (χ4n) is 1.87. The molecule has 2 bridgehead atoms. The minimum atomic E-state index is -0.785. The molecule has 2 aliphatic rings. The molecule has 0 aliphatic heterocycles. The van der Waals surface area contributed by atoms with Gasteiger partial charge in [0, 0.05) is 5.92 Å². The Balaban J connectivity index is 1.87. The highest BCUT2D eigenvalue weighted by Crippen LogP contribution is 2.37. The van der Waals surface area contributed by atoms with Crippen LogP contribution in [-0.4, -0.2) is 18.9 Å². The number of rotatable bonds is 3. The largest absolute Gasteiger partial charge is 0.456 e. The highest BCUT2D eigenvalue weighted by Gasteiger charge is 2.28. The summed E-state index contributed by atoms with van der Waals surface area (Å²) in [6.07, 6.45) is 7.71. The van der Waals surface area contributed by atoms with Crippen molar-refractivity contribution in [2.45, 2.75) is 6.42 Å². The van der Waals surface area contributed by atoms with Crippen LogP contribution in [0.5, 0.6) is 0 Å². The standard InChI is InChI=1S/C10H10O3/c11-5-10(12)13-6-9-4-7-1-2-8(9)3-7/h1-2,4-5,7-8H,3,6H2. The molecular formula is C10H10O3. The Kier molecular flexibility index (Phi) is 2.00. The van der Waals surface area contributed by atoms with Crippen molar-refractivity contribution in [2.75, 3.05) is 6.61 Å². The first-order valence-corrected chi connectivity index (χ1v) is 4.30. The van der Waals surface area contributed by atoms with E-state index < -0.39 is 5.97 Å². The second kappa shape index (κ2) is 3.17. The van der Waals surface area contributed by atoms with Crippen LogP contribution in [0.2, 0.25) is 0 Å². The molecule has 13 heavy (non-hydrogen) atoms. The van der Waals surface area contributed by atoms with Crippen molar-refractivity contribution in [3.05, 3.63) is 23.8 Å². The predicted octanol–water partition coefficient (Wildman–Crippen LogP) is 0.861. The third kappa shape index (κ3) is 1.54. The van der Waals surface area contributed by atoms with Gasteiger partial charge in [-0.2, -0.15) is 0 Å². The Labute approximate surface area is 76.1 Å². The number of ether oxygens (including phenoxy) is 1. The van der Waals surface area contributed by atoms with E-state index in [1.807, 2.05) is 0 Å². The highest BCUT2D eigenvalue weighted by atomic mass is 16.5. The molecule has 2 atom stereocenters. The molecule has 0 saturated heterocycles. The number of esters is 1. The fourth-order valence-corrected chi connectivity index (χ4v) is 1.87. The van der Waals surface area contributed by atoms with Crippen LogP contribution < -0.4 is 0 Å². The Morgan fingerprint density at radius 3 is 3.00 bits per heavy atom. The van der Waals surface area contributed by atoms with Crippen LogP contribution in [0.3, 0.4) is 0 Å². The molecule has 2 aliphatic carbocycles. The number of hydrogen-bond donors (Lipinski definition) is 0. The quantitative estimate of drug-likeness (QED) is 0.278. The van der Waals surface area contributed by atoms with Crippen molar-refractivity contribution in [3.63, 3.8) is 0 Å². The van der Waals surface area contributed by atoms with Gasteiger partial charge in [0.05, 0.1) is 0 Å². The summed E-state index contributed by atoms with van der Waals surface area (Å²) in [6.45, 7) is 0.267. The fraction of sp³-hybridized carbons (Fsp3) is 0.400. The first kappa shape index (κ1) is 8.23. The normalized spacial score (nSPS) is 28.8. The van der Waals surface area contributed by atoms with Crippen molar-refractivity contribution < 1.29 is 14.3 Å². The van der Waals surface area contributed by atoms with Gasteiger partial charge in [0.25, 0.3) is 0 Å². The zero-order chi connectivity index (χ0) is 9.26. The molecule has 0 amide bonds. The summed E-state index contributed by atoms with van der Waals surface area (Å²) in [6, 6.07) is 0. The minimum Gasteiger partial charge on any atom is -0.456 e. The lowest BCUT2D eigenvalue weighted by Crippen LogP contribution is -2.10. The van der Waals surface area contributed by atoms with Crippen LogP contribution in [0.25, 0.3) is 0 Å². The smallest absolute Gasteiger partial charge is 0.371 e. The molecule has 0 N–H and O–H groups in total. The van der Waals surface area contributed by atoms with Crippen LogP contribution in [0.1, 0.15) is 6.42 Å². The van der Waals surface area contributed by atoms with Crippen molar-refractivity contribution in [1.29, 1.82) is 0 Å². The van der Waals surface area contributed by atoms with Gasteiger partial charge < -0.3 is 4.74 Å². The van der Waals surface area contributed by atoms with Crippen molar-refractivity contribution in [1.82, 2.24) is 0 Å². The van der Waals surface area contributed by atoms with E-state index in [0.717, 1.165) is 12.0 Å². The van der Waals surface area contributed by atoms with Gasteiger partial charge in [-0.05, 0) is 17.9 Å². The second-order valence-corrected chi connectivity index (χ2v) is 3.36. The van der Waals surface area contributed by atoms with Crippen LogP contribution in [0, 0.1) is 11.8 Å². The van der Waals surface area contributed by atoms with Crippen molar-refractivity contribution in [2.24, 2.45) is 11.8 Å². The average Bonchev–Trinajstić information content (AvgIpc) is 2.74. The van der Waals surface area contributed by atoms with E-state index in [0.29, 0.717) is 11.8 Å². The van der Waals surface area contributed by atoms with Crippen LogP contribution in [-0.2, 0) is 14.3 Å². The number of carbonyl (C=O) groups is 2. The van der Waals surface area contributed by atoms with E-state index in [-0.39, 0.29) is 12.9 Å². The lowest BCUT2D eigenvalue weighted by Gasteiger charge is -2.08. The molecule has 0 heterocycles. The number of fused-ring (bicyclic) bond motifs is 2. The first-order chi connectivity index (χ1) is 6.29. The van der Waals surface area contributed by atoms with Gasteiger partial charge in [-0.25, -0.2) is 4.79 Å². The molecule has 0 aromatic rings. The van der Waals surface area contributed by atoms with Gasteiger partial charge in [-0.3, -0.25) is 4.79 Å². The summed E-state index contributed by atoms with van der Waals surface area (Å²) in [5.41, 5.74) is 1.13. The summed E-state index contributed by atoms with van der Waals surface area (Å²) in [5, 5.41) is 0. The minimum absolute atomic E-state index is 0.198. The maximum atomic E-state index is 10.5. The zero-order valence-corrected chi connectivity index (χ0v) is 7.10. The summed E-state index contributed by atoms with van der Waals surface area (Å²) < 4.78 is 4.72. The molecule has 3 nitrogen and oxygen atoms in total. The third-order valence-corrected chi connectivity index (χ3v) is 2.50. The van der Waals surface area contributed by atoms with E-state index in [2.05, 4.69) is 18.2 Å². The van der Waals surface area contributed by atoms with Gasteiger partial charge in [0.1, 0.15) is 6.61 Å². The van der Waals surface area contributed by atoms with Crippen LogP contribution in [0.4, 0.5) is 0 Å². The first-order valence-electron chi connectivity index (χ1n) is 4.30. The molecule has 0 fully saturated rings. The zero-order valence-electron chi connectivity index (χ0n) is 7.10. The Bertz CT molecular complexity index is 301. The van der Waals surface area contributed by atoms with E-state index >= 15 is 0 Å². The molecule has 0 saturated carbocycles. The number of carbonyl (C=O) groups excluding carboxylic acids is 2. The molecule has 0 radical (unpaired) electrons. The van der Waals surface area contributed by atoms with Gasteiger partial charge in [0.2, 0.25) is 6.29 Å². The monoisotopic (exact) mass is 178 g/mol. The second-order valence-electron chi connectivity index (χ2n) is 3.36. The molecule has 0 aromatic heterocycles. The average molecular weight is 178 g/mol. The number of allylic oxidation sites excluding steroid dienone is 3. The van der Waals surface area contributed by atoms with Gasteiger partial charge in [0.15, 0.2) is 0 Å². The molecule has 0 aromatic carbocycles. The molecule has 2 rings (SSSR count). The number of hydrogen-bond acceptors (Lipinski definition) is 3. The third-order valence-electron chi connectivity index (χ3n) is 2.50. The SMILES string of the molecule is O=CC(=O)OCC1=CC2C=CC1C2. The molecule has 68 valence electrons. The molecular weight excluding hydrogens is 168 g/mol. The Hall–Kier alpha value is -1.38. The van der Waals surface area contributed by atoms with Crippen molar-refractivity contribution in [3.8, 4) is 0 Å². The topological polar surface area (TPSA) is 43.4 Å². The predicted molar refractivity (Wildman–Crippen MR) is 45.8 cm³/mol. The van der Waals surface area contributed by atoms with Gasteiger partial charge in [-0.1, -0.05) is 18.2 Å². The summed E-state index contributed by atoms with van der Waals surface area (Å²) in [4.78, 5) is 20.5. The lowest BCUT2D eigenvalue weighted by atomic mass is 10.0. The van der Waals surface area contributed by atoms with Gasteiger partial charge >= 0.3 is 5.97 Å². The van der Waals surface area contributed by atoms with E-state index in [4.69, 9.17) is 4.74 Å². The molecule has 0 spiro atoms. The highest BCUT2D eigenvalue weighted by molar-refractivity contribution is 6.20. The Morgan fingerprint density at radius 2 is 2.46 bits per heavy atom. The van der Waals surface area contributed by atoms with Crippen molar-refractivity contribution >= 4 is 12.3 Å². The summed E-state index contributed by atoms with van der Waals surface area (Å²) in [5.74, 6) is 0.173. The Morgan fingerprint density at radius 1 is 1.62 bits per heavy atom. The summed E-state index contributed by atoms with van der Waals surface area (Å²) >= 11 is 0. The molecule has 3 heteroatoms. The van der Waals surface area contributed by atoms with E-state index in [9.17, 15) is 9.59 Å². The van der Waals surface area contributed by atoms with Gasteiger partial charge in [-0.15, -0.1) is 0 Å². The van der Waals surface area contributed by atoms with E-state index in [1.54, 1.807) is 0 Å². The molecule has 2 unspecified atom stereocenters. The number of aldehydes is 1. The summed E-state index contributed by atoms with van der Waals surface area (Å²) in [7, 11) is 0. The maximum absolute atomic E-state index is 10.5. The van der Waals surface area contributed by atoms with E-state index in [1.165, 1.54) is 0 Å². The van der Waals surface area contributed by atoms with Crippen LogP contribution >= 0.6 is 0 Å². The van der Waals surface area contributed by atoms with Crippen LogP contribution in [0.15, 0.2) is 23.8 Å². The maximum Gasteiger partial charge on any atom is 0.371 e.